The smallest absolute Gasteiger partial charge is 0.328 e. The van der Waals surface area contributed by atoms with Gasteiger partial charge >= 0.3 is 5.97 Å². The van der Waals surface area contributed by atoms with Crippen molar-refractivity contribution in [3.63, 3.8) is 0 Å². The lowest BCUT2D eigenvalue weighted by atomic mass is 10.1. The van der Waals surface area contributed by atoms with Gasteiger partial charge in [-0.1, -0.05) is 89.0 Å². The van der Waals surface area contributed by atoms with E-state index in [4.69, 9.17) is 11.3 Å². The second-order valence-electron chi connectivity index (χ2n) is 7.20. The molecule has 0 aliphatic heterocycles. The summed E-state index contributed by atoms with van der Waals surface area (Å²) in [5.74, 6) is -0.762. The van der Waals surface area contributed by atoms with Crippen molar-refractivity contribution in [1.29, 1.82) is 0 Å². The van der Waals surface area contributed by atoms with E-state index < -0.39 is 12.0 Å². The fourth-order valence-electron chi connectivity index (χ4n) is 2.91. The number of carbonyl (C=O) groups is 2. The van der Waals surface area contributed by atoms with Crippen LogP contribution in [0.2, 0.25) is 0 Å². The molecule has 1 rings (SSSR count). The molecule has 1 atom stereocenters. The first kappa shape index (κ1) is 23.7. The van der Waals surface area contributed by atoms with Crippen molar-refractivity contribution in [3.8, 4) is 0 Å². The molecule has 1 N–H and O–H groups in total. The van der Waals surface area contributed by atoms with Crippen molar-refractivity contribution in [2.75, 3.05) is 6.61 Å². The van der Waals surface area contributed by atoms with Gasteiger partial charge in [0.2, 0.25) is 0 Å². The maximum absolute atomic E-state index is 12.1. The highest BCUT2D eigenvalue weighted by molar-refractivity contribution is 5.96. The van der Waals surface area contributed by atoms with Crippen LogP contribution in [-0.4, -0.2) is 24.5 Å². The number of nitrogens with one attached hydrogen (secondary N) is 1. The van der Waals surface area contributed by atoms with Gasteiger partial charge in [0, 0.05) is 5.56 Å². The minimum absolute atomic E-state index is 0.347. The molecule has 1 amide bonds. The molecule has 0 aromatic heterocycles. The first-order valence-electron chi connectivity index (χ1n) is 10.5. The average Bonchev–Trinajstić information content (AvgIpc) is 2.71. The minimum Gasteiger partial charge on any atom is -0.464 e. The fraction of sp³-hybridized carbons (Fsp3) is 0.609. The summed E-state index contributed by atoms with van der Waals surface area (Å²) in [6.45, 7) is 11.2. The van der Waals surface area contributed by atoms with Crippen LogP contribution in [0.1, 0.15) is 88.4 Å². The standard InChI is InChI=1S/C23H34N2O3/c1-4-5-6-7-8-9-10-11-12-13-18-28-23(27)19(2)25-22(26)20-14-16-21(24-3)17-15-20/h14-17,19H,4-13,18H2,1-2H3,(H,25,26)/t19-/m0/s1. The van der Waals surface area contributed by atoms with Gasteiger partial charge in [0.05, 0.1) is 13.2 Å². The first-order valence-corrected chi connectivity index (χ1v) is 10.5. The number of ether oxygens (including phenoxy) is 1. The van der Waals surface area contributed by atoms with E-state index in [2.05, 4.69) is 17.1 Å². The van der Waals surface area contributed by atoms with Crippen molar-refractivity contribution in [2.24, 2.45) is 0 Å². The Balaban J connectivity index is 2.09. The summed E-state index contributed by atoms with van der Waals surface area (Å²) in [4.78, 5) is 27.4. The van der Waals surface area contributed by atoms with Gasteiger partial charge < -0.3 is 10.1 Å². The summed E-state index contributed by atoms with van der Waals surface area (Å²) in [6.07, 6.45) is 12.3. The Bertz CT molecular complexity index is 620. The van der Waals surface area contributed by atoms with Crippen LogP contribution in [0.3, 0.4) is 0 Å². The quantitative estimate of drug-likeness (QED) is 0.249. The third-order valence-corrected chi connectivity index (χ3v) is 4.70. The van der Waals surface area contributed by atoms with E-state index >= 15 is 0 Å². The second kappa shape index (κ2) is 14.7. The van der Waals surface area contributed by atoms with Gasteiger partial charge in [-0.2, -0.15) is 0 Å². The predicted molar refractivity (Wildman–Crippen MR) is 112 cm³/mol. The van der Waals surface area contributed by atoms with Gasteiger partial charge in [0.1, 0.15) is 6.04 Å². The lowest BCUT2D eigenvalue weighted by Crippen LogP contribution is -2.39. The van der Waals surface area contributed by atoms with Gasteiger partial charge in [-0.15, -0.1) is 0 Å². The Hall–Kier alpha value is -2.35. The highest BCUT2D eigenvalue weighted by Crippen LogP contribution is 2.13. The molecule has 28 heavy (non-hydrogen) atoms. The maximum atomic E-state index is 12.1. The number of benzene rings is 1. The molecule has 1 aromatic rings. The molecule has 5 nitrogen and oxygen atoms in total. The Kier molecular flexibility index (Phi) is 12.4. The molecule has 0 radical (unpaired) electrons. The summed E-state index contributed by atoms with van der Waals surface area (Å²) < 4.78 is 5.26. The van der Waals surface area contributed by atoms with Crippen molar-refractivity contribution in [1.82, 2.24) is 5.32 Å². The summed E-state index contributed by atoms with van der Waals surface area (Å²) in [7, 11) is 0. The zero-order chi connectivity index (χ0) is 20.6. The van der Waals surface area contributed by atoms with Crippen LogP contribution in [-0.2, 0) is 9.53 Å². The minimum atomic E-state index is -0.698. The van der Waals surface area contributed by atoms with Crippen molar-refractivity contribution >= 4 is 17.6 Å². The molecule has 0 aliphatic rings. The number of hydrogen-bond acceptors (Lipinski definition) is 3. The maximum Gasteiger partial charge on any atom is 0.328 e. The van der Waals surface area contributed by atoms with Crippen LogP contribution < -0.4 is 5.32 Å². The second-order valence-corrected chi connectivity index (χ2v) is 7.20. The molecule has 0 heterocycles. The lowest BCUT2D eigenvalue weighted by Gasteiger charge is -2.13. The summed E-state index contributed by atoms with van der Waals surface area (Å²) in [6, 6.07) is 5.61. The average molecular weight is 387 g/mol. The number of esters is 1. The van der Waals surface area contributed by atoms with Gasteiger partial charge in [0.15, 0.2) is 5.69 Å². The molecule has 0 bridgehead atoms. The highest BCUT2D eigenvalue weighted by atomic mass is 16.5. The van der Waals surface area contributed by atoms with Crippen molar-refractivity contribution in [2.45, 2.75) is 84.1 Å². The monoisotopic (exact) mass is 386 g/mol. The normalized spacial score (nSPS) is 11.5. The molecular formula is C23H34N2O3. The molecule has 0 aliphatic carbocycles. The van der Waals surface area contributed by atoms with Gasteiger partial charge in [0.25, 0.3) is 5.91 Å². The van der Waals surface area contributed by atoms with Crippen molar-refractivity contribution < 1.29 is 14.3 Å². The Morgan fingerprint density at radius 2 is 1.50 bits per heavy atom. The number of rotatable bonds is 14. The summed E-state index contributed by atoms with van der Waals surface area (Å²) in [5, 5.41) is 2.63. The molecular weight excluding hydrogens is 352 g/mol. The molecule has 0 spiro atoms. The Morgan fingerprint density at radius 1 is 0.964 bits per heavy atom. The van der Waals surface area contributed by atoms with Crippen LogP contribution in [0.5, 0.6) is 0 Å². The van der Waals surface area contributed by atoms with Crippen LogP contribution in [0.25, 0.3) is 4.85 Å². The van der Waals surface area contributed by atoms with Gasteiger partial charge in [-0.3, -0.25) is 4.79 Å². The number of unbranched alkanes of at least 4 members (excludes halogenated alkanes) is 9. The van der Waals surface area contributed by atoms with Crippen LogP contribution in [0, 0.1) is 6.57 Å². The topological polar surface area (TPSA) is 59.8 Å². The zero-order valence-corrected chi connectivity index (χ0v) is 17.3. The predicted octanol–water partition coefficient (Wildman–Crippen LogP) is 5.82. The van der Waals surface area contributed by atoms with E-state index in [0.29, 0.717) is 17.9 Å². The third kappa shape index (κ3) is 10.1. The van der Waals surface area contributed by atoms with E-state index in [1.807, 2.05) is 0 Å². The van der Waals surface area contributed by atoms with Gasteiger partial charge in [-0.25, -0.2) is 9.64 Å². The van der Waals surface area contributed by atoms with Crippen molar-refractivity contribution in [3.05, 3.63) is 41.2 Å². The van der Waals surface area contributed by atoms with Crippen LogP contribution in [0.15, 0.2) is 24.3 Å². The Morgan fingerprint density at radius 3 is 2.04 bits per heavy atom. The lowest BCUT2D eigenvalue weighted by molar-refractivity contribution is -0.145. The fourth-order valence-corrected chi connectivity index (χ4v) is 2.91. The first-order chi connectivity index (χ1) is 13.6. The highest BCUT2D eigenvalue weighted by Gasteiger charge is 2.17. The molecule has 0 fully saturated rings. The van der Waals surface area contributed by atoms with Crippen LogP contribution in [0.4, 0.5) is 5.69 Å². The number of hydrogen-bond donors (Lipinski definition) is 1. The third-order valence-electron chi connectivity index (χ3n) is 4.70. The van der Waals surface area contributed by atoms with E-state index in [1.54, 1.807) is 31.2 Å². The Labute approximate surface area is 169 Å². The van der Waals surface area contributed by atoms with E-state index in [0.717, 1.165) is 12.8 Å². The van der Waals surface area contributed by atoms with E-state index in [9.17, 15) is 9.59 Å². The summed E-state index contributed by atoms with van der Waals surface area (Å²) >= 11 is 0. The summed E-state index contributed by atoms with van der Waals surface area (Å²) in [5.41, 5.74) is 0.891. The number of nitrogens with zero attached hydrogens (tertiary/aromatic N) is 1. The molecule has 0 unspecified atom stereocenters. The number of amides is 1. The number of carbonyl (C=O) groups excluding carboxylic acids is 2. The SMILES string of the molecule is [C-]#[N+]c1ccc(C(=O)N[C@@H](C)C(=O)OCCCCCCCCCCCC)cc1. The molecule has 5 heteroatoms. The largest absolute Gasteiger partial charge is 0.464 e. The molecule has 0 saturated carbocycles. The molecule has 154 valence electrons. The molecule has 0 saturated heterocycles. The van der Waals surface area contributed by atoms with Crippen LogP contribution >= 0.6 is 0 Å². The zero-order valence-electron chi connectivity index (χ0n) is 17.3. The van der Waals surface area contributed by atoms with Gasteiger partial charge in [-0.05, 0) is 13.3 Å². The van der Waals surface area contributed by atoms with E-state index in [-0.39, 0.29) is 5.91 Å². The molecule has 1 aromatic carbocycles. The van der Waals surface area contributed by atoms with E-state index in [1.165, 1.54) is 51.4 Å².